The number of carbonyl (C=O) groups excluding carboxylic acids is 1. The molecule has 1 unspecified atom stereocenters. The number of carboxylic acid groups (broad SMARTS) is 1. The van der Waals surface area contributed by atoms with Crippen LogP contribution >= 0.6 is 23.2 Å². The second-order valence-corrected chi connectivity index (χ2v) is 5.70. The fourth-order valence-electron chi connectivity index (χ4n) is 1.61. The van der Waals surface area contributed by atoms with Crippen LogP contribution in [0.2, 0.25) is 10.0 Å². The number of hydrogen-bond acceptors (Lipinski definition) is 2. The number of Topliss-reactive ketones (excluding diaryl/α,β-unsaturated/α-hetero) is 1. The minimum Gasteiger partial charge on any atom is -0.481 e. The van der Waals surface area contributed by atoms with Gasteiger partial charge in [0.2, 0.25) is 0 Å². The lowest BCUT2D eigenvalue weighted by molar-refractivity contribution is -0.148. The molecule has 0 aliphatic heterocycles. The van der Waals surface area contributed by atoms with E-state index < -0.39 is 11.4 Å². The lowest BCUT2D eigenvalue weighted by atomic mass is 9.81. The van der Waals surface area contributed by atoms with Crippen molar-refractivity contribution in [1.29, 1.82) is 0 Å². The Bertz CT molecular complexity index is 502. The van der Waals surface area contributed by atoms with Gasteiger partial charge in [0, 0.05) is 22.0 Å². The topological polar surface area (TPSA) is 54.4 Å². The quantitative estimate of drug-likeness (QED) is 0.821. The molecule has 0 saturated heterocycles. The molecule has 0 aliphatic carbocycles. The second kappa shape index (κ2) is 5.93. The lowest BCUT2D eigenvalue weighted by Crippen LogP contribution is -2.29. The van der Waals surface area contributed by atoms with Crippen molar-refractivity contribution in [1.82, 2.24) is 0 Å². The molecule has 0 aliphatic rings. The predicted octanol–water partition coefficient (Wildman–Crippen LogP) is 4.38. The van der Waals surface area contributed by atoms with Crippen LogP contribution in [0.25, 0.3) is 0 Å². The molecule has 0 aromatic heterocycles. The van der Waals surface area contributed by atoms with Crippen LogP contribution in [0.4, 0.5) is 0 Å². The van der Waals surface area contributed by atoms with Crippen LogP contribution in [0.1, 0.15) is 42.6 Å². The maximum atomic E-state index is 12.2. The molecule has 0 saturated carbocycles. The summed E-state index contributed by atoms with van der Waals surface area (Å²) in [6, 6.07) is 3.06. The van der Waals surface area contributed by atoms with Crippen LogP contribution in [-0.4, -0.2) is 16.9 Å². The molecule has 0 heterocycles. The van der Waals surface area contributed by atoms with Crippen LogP contribution in [0.15, 0.2) is 12.1 Å². The minimum atomic E-state index is -1.07. The van der Waals surface area contributed by atoms with Gasteiger partial charge in [-0.05, 0) is 38.0 Å². The van der Waals surface area contributed by atoms with Gasteiger partial charge >= 0.3 is 5.97 Å². The SMILES string of the molecule is CCC(C)(CC(=O)c1cc(Cl)c(C)c(Cl)c1)C(=O)O. The maximum Gasteiger partial charge on any atom is 0.309 e. The van der Waals surface area contributed by atoms with Crippen molar-refractivity contribution in [2.24, 2.45) is 5.41 Å². The van der Waals surface area contributed by atoms with E-state index in [2.05, 4.69) is 0 Å². The molecule has 19 heavy (non-hydrogen) atoms. The van der Waals surface area contributed by atoms with Crippen LogP contribution in [-0.2, 0) is 4.79 Å². The van der Waals surface area contributed by atoms with Crippen LogP contribution in [0.5, 0.6) is 0 Å². The van der Waals surface area contributed by atoms with Crippen molar-refractivity contribution in [2.75, 3.05) is 0 Å². The lowest BCUT2D eigenvalue weighted by Gasteiger charge is -2.22. The number of carbonyl (C=O) groups is 2. The summed E-state index contributed by atoms with van der Waals surface area (Å²) < 4.78 is 0. The molecule has 3 nitrogen and oxygen atoms in total. The summed E-state index contributed by atoms with van der Waals surface area (Å²) >= 11 is 12.0. The molecule has 0 fully saturated rings. The highest BCUT2D eigenvalue weighted by molar-refractivity contribution is 6.36. The van der Waals surface area contributed by atoms with E-state index in [-0.39, 0.29) is 12.2 Å². The van der Waals surface area contributed by atoms with E-state index in [1.54, 1.807) is 20.8 Å². The van der Waals surface area contributed by atoms with Gasteiger partial charge in [-0.2, -0.15) is 0 Å². The molecule has 1 atom stereocenters. The molecule has 1 rings (SSSR count). The number of carboxylic acids is 1. The highest BCUT2D eigenvalue weighted by Crippen LogP contribution is 2.31. The summed E-state index contributed by atoms with van der Waals surface area (Å²) in [6.45, 7) is 5.06. The first-order valence-corrected chi connectivity index (χ1v) is 6.69. The van der Waals surface area contributed by atoms with Gasteiger partial charge < -0.3 is 5.11 Å². The summed E-state index contributed by atoms with van der Waals surface area (Å²) in [5.74, 6) is -1.25. The molecular weight excluding hydrogens is 287 g/mol. The number of rotatable bonds is 5. The summed E-state index contributed by atoms with van der Waals surface area (Å²) in [6.07, 6.45) is 0.302. The molecule has 104 valence electrons. The summed E-state index contributed by atoms with van der Waals surface area (Å²) in [5.41, 5.74) is -0.0149. The monoisotopic (exact) mass is 302 g/mol. The third-order valence-electron chi connectivity index (χ3n) is 3.45. The molecule has 1 aromatic carbocycles. The van der Waals surface area contributed by atoms with E-state index >= 15 is 0 Å². The zero-order valence-electron chi connectivity index (χ0n) is 11.1. The van der Waals surface area contributed by atoms with Crippen LogP contribution < -0.4 is 0 Å². The minimum absolute atomic E-state index is 0.0748. The molecule has 0 spiro atoms. The molecule has 0 bridgehead atoms. The highest BCUT2D eigenvalue weighted by Gasteiger charge is 2.34. The normalized spacial score (nSPS) is 13.9. The number of benzene rings is 1. The fraction of sp³-hybridized carbons (Fsp3) is 0.429. The molecule has 1 N–H and O–H groups in total. The third kappa shape index (κ3) is 3.48. The average Bonchev–Trinajstić information content (AvgIpc) is 2.34. The van der Waals surface area contributed by atoms with Crippen molar-refractivity contribution in [3.63, 3.8) is 0 Å². The van der Waals surface area contributed by atoms with Gasteiger partial charge in [-0.1, -0.05) is 30.1 Å². The van der Waals surface area contributed by atoms with Crippen molar-refractivity contribution < 1.29 is 14.7 Å². The van der Waals surface area contributed by atoms with Gasteiger partial charge in [-0.25, -0.2) is 0 Å². The molecule has 0 radical (unpaired) electrons. The Hall–Kier alpha value is -1.06. The van der Waals surface area contributed by atoms with Crippen molar-refractivity contribution >= 4 is 35.0 Å². The summed E-state index contributed by atoms with van der Waals surface area (Å²) in [4.78, 5) is 23.4. The Morgan fingerprint density at radius 2 is 1.74 bits per heavy atom. The standard InChI is InChI=1S/C14H16Cl2O3/c1-4-14(3,13(18)19)7-12(17)9-5-10(15)8(2)11(16)6-9/h5-6H,4,7H2,1-3H3,(H,18,19). The second-order valence-electron chi connectivity index (χ2n) is 4.88. The van der Waals surface area contributed by atoms with E-state index in [1.165, 1.54) is 12.1 Å². The molecular formula is C14H16Cl2O3. The van der Waals surface area contributed by atoms with Gasteiger partial charge in [0.25, 0.3) is 0 Å². The van der Waals surface area contributed by atoms with Crippen LogP contribution in [0, 0.1) is 12.3 Å². The van der Waals surface area contributed by atoms with Crippen molar-refractivity contribution in [2.45, 2.75) is 33.6 Å². The van der Waals surface area contributed by atoms with E-state index in [0.717, 1.165) is 0 Å². The number of aliphatic carboxylic acids is 1. The first kappa shape index (κ1) is 16.0. The summed E-state index contributed by atoms with van der Waals surface area (Å²) in [7, 11) is 0. The Morgan fingerprint density at radius 1 is 1.26 bits per heavy atom. The van der Waals surface area contributed by atoms with Crippen LogP contribution in [0.3, 0.4) is 0 Å². The maximum absolute atomic E-state index is 12.2. The first-order chi connectivity index (χ1) is 8.71. The number of ketones is 1. The van der Waals surface area contributed by atoms with Crippen molar-refractivity contribution in [3.8, 4) is 0 Å². The van der Waals surface area contributed by atoms with Gasteiger partial charge in [0.1, 0.15) is 0 Å². The van der Waals surface area contributed by atoms with Gasteiger partial charge in [-0.3, -0.25) is 9.59 Å². The smallest absolute Gasteiger partial charge is 0.309 e. The molecule has 0 amide bonds. The fourth-order valence-corrected chi connectivity index (χ4v) is 2.10. The Kier molecular flexibility index (Phi) is 4.99. The molecule has 1 aromatic rings. The largest absolute Gasteiger partial charge is 0.481 e. The number of halogens is 2. The van der Waals surface area contributed by atoms with E-state index in [4.69, 9.17) is 23.2 Å². The average molecular weight is 303 g/mol. The van der Waals surface area contributed by atoms with Gasteiger partial charge in [0.15, 0.2) is 5.78 Å². The predicted molar refractivity (Wildman–Crippen MR) is 76.2 cm³/mol. The Balaban J connectivity index is 3.05. The van der Waals surface area contributed by atoms with Gasteiger partial charge in [0.05, 0.1) is 5.41 Å². The number of hydrogen-bond donors (Lipinski definition) is 1. The van der Waals surface area contributed by atoms with Crippen molar-refractivity contribution in [3.05, 3.63) is 33.3 Å². The zero-order chi connectivity index (χ0) is 14.8. The Labute approximate surface area is 122 Å². The van der Waals surface area contributed by atoms with Gasteiger partial charge in [-0.15, -0.1) is 0 Å². The highest BCUT2D eigenvalue weighted by atomic mass is 35.5. The summed E-state index contributed by atoms with van der Waals surface area (Å²) in [5, 5.41) is 9.99. The zero-order valence-corrected chi connectivity index (χ0v) is 12.6. The first-order valence-electron chi connectivity index (χ1n) is 5.93. The van der Waals surface area contributed by atoms with E-state index in [0.29, 0.717) is 27.6 Å². The van der Waals surface area contributed by atoms with E-state index in [9.17, 15) is 14.7 Å². The Morgan fingerprint density at radius 3 is 2.11 bits per heavy atom. The van der Waals surface area contributed by atoms with E-state index in [1.807, 2.05) is 0 Å². The molecule has 5 heteroatoms. The third-order valence-corrected chi connectivity index (χ3v) is 4.24.